The summed E-state index contributed by atoms with van der Waals surface area (Å²) in [5.74, 6) is 0.0624. The number of carbonyl (C=O) groups excluding carboxylic acids is 1. The SMILES string of the molecule is O=C(NC1CCCCCC1O)c1ccco1. The van der Waals surface area contributed by atoms with Gasteiger partial charge in [-0.1, -0.05) is 19.3 Å². The molecule has 1 amide bonds. The zero-order valence-corrected chi connectivity index (χ0v) is 9.19. The van der Waals surface area contributed by atoms with Gasteiger partial charge in [0.1, 0.15) is 0 Å². The number of nitrogens with one attached hydrogen (secondary N) is 1. The monoisotopic (exact) mass is 223 g/mol. The van der Waals surface area contributed by atoms with Crippen molar-refractivity contribution < 1.29 is 14.3 Å². The van der Waals surface area contributed by atoms with E-state index < -0.39 is 6.10 Å². The van der Waals surface area contributed by atoms with E-state index in [2.05, 4.69) is 5.32 Å². The second-order valence-corrected chi connectivity index (χ2v) is 4.26. The van der Waals surface area contributed by atoms with Crippen molar-refractivity contribution in [3.05, 3.63) is 24.2 Å². The summed E-state index contributed by atoms with van der Waals surface area (Å²) in [6, 6.07) is 3.16. The highest BCUT2D eigenvalue weighted by Gasteiger charge is 2.24. The molecular weight excluding hydrogens is 206 g/mol. The Kier molecular flexibility index (Phi) is 3.62. The van der Waals surface area contributed by atoms with E-state index >= 15 is 0 Å². The molecule has 2 rings (SSSR count). The Labute approximate surface area is 94.6 Å². The van der Waals surface area contributed by atoms with E-state index in [4.69, 9.17) is 4.42 Å². The molecule has 1 aliphatic carbocycles. The summed E-state index contributed by atoms with van der Waals surface area (Å²) in [5, 5.41) is 12.7. The summed E-state index contributed by atoms with van der Waals surface area (Å²) >= 11 is 0. The number of carbonyl (C=O) groups is 1. The van der Waals surface area contributed by atoms with Crippen molar-refractivity contribution in [2.45, 2.75) is 44.2 Å². The zero-order chi connectivity index (χ0) is 11.4. The van der Waals surface area contributed by atoms with E-state index in [1.54, 1.807) is 12.1 Å². The fourth-order valence-corrected chi connectivity index (χ4v) is 2.10. The second-order valence-electron chi connectivity index (χ2n) is 4.26. The molecule has 1 aliphatic rings. The van der Waals surface area contributed by atoms with Crippen molar-refractivity contribution in [3.8, 4) is 0 Å². The molecule has 1 saturated carbocycles. The highest BCUT2D eigenvalue weighted by atomic mass is 16.3. The topological polar surface area (TPSA) is 62.5 Å². The number of furan rings is 1. The van der Waals surface area contributed by atoms with E-state index in [1.807, 2.05) is 0 Å². The smallest absolute Gasteiger partial charge is 0.287 e. The van der Waals surface area contributed by atoms with Crippen molar-refractivity contribution in [1.29, 1.82) is 0 Å². The van der Waals surface area contributed by atoms with Crippen LogP contribution in [0.5, 0.6) is 0 Å². The third-order valence-corrected chi connectivity index (χ3v) is 3.04. The van der Waals surface area contributed by atoms with Crippen molar-refractivity contribution >= 4 is 5.91 Å². The van der Waals surface area contributed by atoms with Crippen LogP contribution < -0.4 is 5.32 Å². The third kappa shape index (κ3) is 2.64. The summed E-state index contributed by atoms with van der Waals surface area (Å²) < 4.78 is 5.01. The van der Waals surface area contributed by atoms with Gasteiger partial charge in [0.15, 0.2) is 5.76 Å². The summed E-state index contributed by atoms with van der Waals surface area (Å²) in [7, 11) is 0. The van der Waals surface area contributed by atoms with Gasteiger partial charge >= 0.3 is 0 Å². The standard InChI is InChI=1S/C12H17NO3/c14-10-6-3-1-2-5-9(10)13-12(15)11-7-4-8-16-11/h4,7-10,14H,1-3,5-6H2,(H,13,15). The first-order valence-corrected chi connectivity index (χ1v) is 5.80. The van der Waals surface area contributed by atoms with Crippen molar-refractivity contribution in [3.63, 3.8) is 0 Å². The fourth-order valence-electron chi connectivity index (χ4n) is 2.10. The summed E-state index contributed by atoms with van der Waals surface area (Å²) in [5.41, 5.74) is 0. The van der Waals surface area contributed by atoms with Gasteiger partial charge in [-0.3, -0.25) is 4.79 Å². The molecule has 0 spiro atoms. The van der Waals surface area contributed by atoms with Crippen molar-refractivity contribution in [1.82, 2.24) is 5.32 Å². The Hall–Kier alpha value is -1.29. The van der Waals surface area contributed by atoms with E-state index in [9.17, 15) is 9.90 Å². The minimum absolute atomic E-state index is 0.139. The van der Waals surface area contributed by atoms with Gasteiger partial charge in [0, 0.05) is 0 Å². The van der Waals surface area contributed by atoms with Crippen LogP contribution in [0.25, 0.3) is 0 Å². The maximum Gasteiger partial charge on any atom is 0.287 e. The molecule has 0 aliphatic heterocycles. The molecule has 1 heterocycles. The number of aliphatic hydroxyl groups excluding tert-OH is 1. The predicted molar refractivity (Wildman–Crippen MR) is 59.1 cm³/mol. The molecule has 0 saturated heterocycles. The van der Waals surface area contributed by atoms with Gasteiger partial charge in [0.2, 0.25) is 0 Å². The maximum absolute atomic E-state index is 11.7. The average molecular weight is 223 g/mol. The molecular formula is C12H17NO3. The molecule has 0 aromatic carbocycles. The lowest BCUT2D eigenvalue weighted by Gasteiger charge is -2.20. The number of rotatable bonds is 2. The van der Waals surface area contributed by atoms with E-state index in [-0.39, 0.29) is 11.9 Å². The van der Waals surface area contributed by atoms with Crippen LogP contribution in [-0.2, 0) is 0 Å². The second kappa shape index (κ2) is 5.16. The van der Waals surface area contributed by atoms with Gasteiger partial charge in [-0.2, -0.15) is 0 Å². The number of hydrogen-bond donors (Lipinski definition) is 2. The van der Waals surface area contributed by atoms with Crippen LogP contribution in [-0.4, -0.2) is 23.2 Å². The maximum atomic E-state index is 11.7. The number of aliphatic hydroxyl groups is 1. The van der Waals surface area contributed by atoms with Gasteiger partial charge in [-0.05, 0) is 25.0 Å². The summed E-state index contributed by atoms with van der Waals surface area (Å²) in [6.45, 7) is 0. The molecule has 1 aromatic heterocycles. The van der Waals surface area contributed by atoms with Crippen LogP contribution in [0.1, 0.15) is 42.7 Å². The molecule has 1 fully saturated rings. The number of amides is 1. The average Bonchev–Trinajstić information content (AvgIpc) is 2.73. The van der Waals surface area contributed by atoms with Crippen molar-refractivity contribution in [2.75, 3.05) is 0 Å². The first-order chi connectivity index (χ1) is 7.77. The van der Waals surface area contributed by atoms with Crippen LogP contribution in [0.4, 0.5) is 0 Å². The molecule has 1 aromatic rings. The zero-order valence-electron chi connectivity index (χ0n) is 9.19. The lowest BCUT2D eigenvalue weighted by Crippen LogP contribution is -2.42. The van der Waals surface area contributed by atoms with E-state index in [1.165, 1.54) is 6.26 Å². The molecule has 4 heteroatoms. The van der Waals surface area contributed by atoms with E-state index in [0.717, 1.165) is 32.1 Å². The van der Waals surface area contributed by atoms with Gasteiger partial charge in [0.25, 0.3) is 5.91 Å². The third-order valence-electron chi connectivity index (χ3n) is 3.04. The van der Waals surface area contributed by atoms with Gasteiger partial charge in [-0.15, -0.1) is 0 Å². The molecule has 16 heavy (non-hydrogen) atoms. The Balaban J connectivity index is 1.95. The van der Waals surface area contributed by atoms with Crippen LogP contribution in [0.3, 0.4) is 0 Å². The van der Waals surface area contributed by atoms with Gasteiger partial charge in [-0.25, -0.2) is 0 Å². The molecule has 88 valence electrons. The Morgan fingerprint density at radius 2 is 2.19 bits per heavy atom. The Morgan fingerprint density at radius 3 is 2.94 bits per heavy atom. The molecule has 0 radical (unpaired) electrons. The highest BCUT2D eigenvalue weighted by Crippen LogP contribution is 2.18. The lowest BCUT2D eigenvalue weighted by molar-refractivity contribution is 0.0794. The lowest BCUT2D eigenvalue weighted by atomic mass is 10.1. The van der Waals surface area contributed by atoms with Crippen LogP contribution >= 0.6 is 0 Å². The molecule has 2 unspecified atom stereocenters. The summed E-state index contributed by atoms with van der Waals surface area (Å²) in [6.07, 6.45) is 5.87. The Morgan fingerprint density at radius 1 is 1.38 bits per heavy atom. The normalized spacial score (nSPS) is 26.1. The molecule has 4 nitrogen and oxygen atoms in total. The first-order valence-electron chi connectivity index (χ1n) is 5.80. The van der Waals surface area contributed by atoms with Gasteiger partial charge < -0.3 is 14.8 Å². The van der Waals surface area contributed by atoms with Crippen molar-refractivity contribution in [2.24, 2.45) is 0 Å². The molecule has 0 bridgehead atoms. The van der Waals surface area contributed by atoms with Gasteiger partial charge in [0.05, 0.1) is 18.4 Å². The minimum Gasteiger partial charge on any atom is -0.459 e. The molecule has 2 N–H and O–H groups in total. The van der Waals surface area contributed by atoms with E-state index in [0.29, 0.717) is 5.76 Å². The predicted octanol–water partition coefficient (Wildman–Crippen LogP) is 1.70. The van der Waals surface area contributed by atoms with Crippen LogP contribution in [0.15, 0.2) is 22.8 Å². The van der Waals surface area contributed by atoms with Crippen LogP contribution in [0, 0.1) is 0 Å². The Bertz CT molecular complexity index is 334. The quantitative estimate of drug-likeness (QED) is 0.750. The number of hydrogen-bond acceptors (Lipinski definition) is 3. The highest BCUT2D eigenvalue weighted by molar-refractivity contribution is 5.91. The summed E-state index contributed by atoms with van der Waals surface area (Å²) in [4.78, 5) is 11.7. The first kappa shape index (κ1) is 11.2. The minimum atomic E-state index is -0.429. The van der Waals surface area contributed by atoms with Crippen LogP contribution in [0.2, 0.25) is 0 Å². The molecule has 2 atom stereocenters. The largest absolute Gasteiger partial charge is 0.459 e. The fraction of sp³-hybridized carbons (Fsp3) is 0.583.